The maximum absolute atomic E-state index is 13.7. The molecule has 1 fully saturated rings. The third-order valence-corrected chi connectivity index (χ3v) is 4.45. The first-order valence-electron chi connectivity index (χ1n) is 8.63. The number of nitrogens with one attached hydrogen (secondary N) is 1. The molecule has 5 nitrogen and oxygen atoms in total. The number of carbonyl (C=O) groups is 2. The molecule has 0 atom stereocenters. The lowest BCUT2D eigenvalue weighted by Crippen LogP contribution is -2.35. The highest BCUT2D eigenvalue weighted by Gasteiger charge is 2.18. The predicted molar refractivity (Wildman–Crippen MR) is 97.1 cm³/mol. The first kappa shape index (κ1) is 17.9. The molecular formula is C20H21FN2O3. The number of hydrogen-bond donors (Lipinski definition) is 1. The minimum Gasteiger partial charge on any atom is -0.494 e. The molecule has 26 heavy (non-hydrogen) atoms. The molecule has 3 rings (SSSR count). The van der Waals surface area contributed by atoms with E-state index in [1.165, 1.54) is 25.7 Å². The molecule has 1 heterocycles. The van der Waals surface area contributed by atoms with Crippen LogP contribution in [0.25, 0.3) is 0 Å². The molecule has 0 bridgehead atoms. The van der Waals surface area contributed by atoms with Gasteiger partial charge in [-0.2, -0.15) is 0 Å². The lowest BCUT2D eigenvalue weighted by molar-refractivity contribution is 0.0724. The molecular weight excluding hydrogens is 335 g/mol. The number of piperidine rings is 1. The predicted octanol–water partition coefficient (Wildman–Crippen LogP) is 3.71. The highest BCUT2D eigenvalue weighted by Crippen LogP contribution is 2.19. The maximum atomic E-state index is 13.7. The number of benzene rings is 2. The van der Waals surface area contributed by atoms with Crippen molar-refractivity contribution in [1.82, 2.24) is 4.90 Å². The molecule has 0 spiro atoms. The van der Waals surface area contributed by atoms with Crippen molar-refractivity contribution in [2.24, 2.45) is 0 Å². The van der Waals surface area contributed by atoms with E-state index >= 15 is 0 Å². The van der Waals surface area contributed by atoms with Crippen molar-refractivity contribution >= 4 is 17.5 Å². The molecule has 0 radical (unpaired) electrons. The molecule has 2 aromatic rings. The number of carbonyl (C=O) groups excluding carboxylic acids is 2. The van der Waals surface area contributed by atoms with Crippen LogP contribution in [0.5, 0.6) is 5.75 Å². The van der Waals surface area contributed by atoms with Crippen LogP contribution in [0.3, 0.4) is 0 Å². The molecule has 0 aromatic heterocycles. The summed E-state index contributed by atoms with van der Waals surface area (Å²) in [5, 5.41) is 2.70. The van der Waals surface area contributed by atoms with Crippen LogP contribution >= 0.6 is 0 Å². The second kappa shape index (κ2) is 7.99. The summed E-state index contributed by atoms with van der Waals surface area (Å²) in [5.41, 5.74) is 1.33. The van der Waals surface area contributed by atoms with Crippen molar-refractivity contribution in [3.05, 3.63) is 59.4 Å². The monoisotopic (exact) mass is 356 g/mol. The van der Waals surface area contributed by atoms with E-state index in [4.69, 9.17) is 4.74 Å². The van der Waals surface area contributed by atoms with Gasteiger partial charge < -0.3 is 15.0 Å². The number of rotatable bonds is 4. The van der Waals surface area contributed by atoms with Gasteiger partial charge in [0.25, 0.3) is 11.8 Å². The topological polar surface area (TPSA) is 58.6 Å². The number of nitrogens with zero attached hydrogens (tertiary/aromatic N) is 1. The smallest absolute Gasteiger partial charge is 0.255 e. The fraction of sp³-hybridized carbons (Fsp3) is 0.300. The van der Waals surface area contributed by atoms with Gasteiger partial charge in [0, 0.05) is 29.9 Å². The van der Waals surface area contributed by atoms with Gasteiger partial charge in [0.1, 0.15) is 0 Å². The average molecular weight is 356 g/mol. The summed E-state index contributed by atoms with van der Waals surface area (Å²) in [7, 11) is 1.37. The Morgan fingerprint density at radius 2 is 1.65 bits per heavy atom. The SMILES string of the molecule is COc1ccc(C(=O)Nc2ccc(C(=O)N3CCCCC3)cc2)cc1F. The summed E-state index contributed by atoms with van der Waals surface area (Å²) in [4.78, 5) is 26.5. The zero-order chi connectivity index (χ0) is 18.5. The summed E-state index contributed by atoms with van der Waals surface area (Å²) >= 11 is 0. The van der Waals surface area contributed by atoms with Crippen molar-refractivity contribution in [2.75, 3.05) is 25.5 Å². The summed E-state index contributed by atoms with van der Waals surface area (Å²) in [6.45, 7) is 1.58. The summed E-state index contributed by atoms with van der Waals surface area (Å²) < 4.78 is 18.6. The van der Waals surface area contributed by atoms with Gasteiger partial charge >= 0.3 is 0 Å². The Labute approximate surface area is 151 Å². The van der Waals surface area contributed by atoms with Crippen molar-refractivity contribution in [2.45, 2.75) is 19.3 Å². The lowest BCUT2D eigenvalue weighted by atomic mass is 10.1. The van der Waals surface area contributed by atoms with Gasteiger partial charge in [-0.15, -0.1) is 0 Å². The van der Waals surface area contributed by atoms with Crippen LogP contribution in [0.2, 0.25) is 0 Å². The normalized spacial score (nSPS) is 14.0. The molecule has 0 aliphatic carbocycles. The quantitative estimate of drug-likeness (QED) is 0.908. The van der Waals surface area contributed by atoms with E-state index in [0.717, 1.165) is 32.0 Å². The number of likely N-dealkylation sites (tertiary alicyclic amines) is 1. The highest BCUT2D eigenvalue weighted by atomic mass is 19.1. The van der Waals surface area contributed by atoms with Crippen LogP contribution in [0.15, 0.2) is 42.5 Å². The Morgan fingerprint density at radius 3 is 2.27 bits per heavy atom. The lowest BCUT2D eigenvalue weighted by Gasteiger charge is -2.26. The van der Waals surface area contributed by atoms with E-state index in [1.807, 2.05) is 4.90 Å². The van der Waals surface area contributed by atoms with Crippen molar-refractivity contribution in [3.63, 3.8) is 0 Å². The number of hydrogen-bond acceptors (Lipinski definition) is 3. The third-order valence-electron chi connectivity index (χ3n) is 4.45. The van der Waals surface area contributed by atoms with Gasteiger partial charge in [0.05, 0.1) is 7.11 Å². The largest absolute Gasteiger partial charge is 0.494 e. The molecule has 2 aromatic carbocycles. The van der Waals surface area contributed by atoms with E-state index in [1.54, 1.807) is 24.3 Å². The van der Waals surface area contributed by atoms with E-state index in [2.05, 4.69) is 5.32 Å². The van der Waals surface area contributed by atoms with Crippen molar-refractivity contribution in [1.29, 1.82) is 0 Å². The Balaban J connectivity index is 1.66. The van der Waals surface area contributed by atoms with Gasteiger partial charge in [-0.25, -0.2) is 4.39 Å². The Bertz CT molecular complexity index is 799. The van der Waals surface area contributed by atoms with Crippen LogP contribution in [0, 0.1) is 5.82 Å². The number of ether oxygens (including phenoxy) is 1. The summed E-state index contributed by atoms with van der Waals surface area (Å²) in [6.07, 6.45) is 3.25. The fourth-order valence-electron chi connectivity index (χ4n) is 2.99. The zero-order valence-corrected chi connectivity index (χ0v) is 14.6. The molecule has 1 aliphatic rings. The molecule has 1 N–H and O–H groups in total. The first-order chi connectivity index (χ1) is 12.6. The van der Waals surface area contributed by atoms with Gasteiger partial charge in [-0.1, -0.05) is 0 Å². The Kier molecular flexibility index (Phi) is 5.51. The van der Waals surface area contributed by atoms with Gasteiger partial charge in [0.2, 0.25) is 0 Å². The summed E-state index contributed by atoms with van der Waals surface area (Å²) in [5.74, 6) is -0.925. The standard InChI is InChI=1S/C20H21FN2O3/c1-26-18-10-7-15(13-17(18)21)19(24)22-16-8-5-14(6-9-16)20(25)23-11-3-2-4-12-23/h5-10,13H,2-4,11-12H2,1H3,(H,22,24). The molecule has 6 heteroatoms. The number of methoxy groups -OCH3 is 1. The van der Waals surface area contributed by atoms with E-state index in [0.29, 0.717) is 11.3 Å². The van der Waals surface area contributed by atoms with Crippen LogP contribution < -0.4 is 10.1 Å². The molecule has 0 unspecified atom stereocenters. The fourth-order valence-corrected chi connectivity index (χ4v) is 2.99. The van der Waals surface area contributed by atoms with Crippen LogP contribution in [0.4, 0.5) is 10.1 Å². The second-order valence-corrected chi connectivity index (χ2v) is 6.23. The van der Waals surface area contributed by atoms with Crippen molar-refractivity contribution < 1.29 is 18.7 Å². The van der Waals surface area contributed by atoms with Gasteiger partial charge in [-0.05, 0) is 61.7 Å². The molecule has 1 saturated heterocycles. The van der Waals surface area contributed by atoms with Crippen LogP contribution in [-0.4, -0.2) is 36.9 Å². The minimum atomic E-state index is -0.595. The highest BCUT2D eigenvalue weighted by molar-refractivity contribution is 6.04. The van der Waals surface area contributed by atoms with E-state index < -0.39 is 11.7 Å². The van der Waals surface area contributed by atoms with Gasteiger partial charge in [-0.3, -0.25) is 9.59 Å². The zero-order valence-electron chi connectivity index (χ0n) is 14.6. The molecule has 1 aliphatic heterocycles. The third kappa shape index (κ3) is 4.02. The van der Waals surface area contributed by atoms with E-state index in [-0.39, 0.29) is 17.2 Å². The maximum Gasteiger partial charge on any atom is 0.255 e. The molecule has 2 amide bonds. The number of amides is 2. The van der Waals surface area contributed by atoms with Gasteiger partial charge in [0.15, 0.2) is 11.6 Å². The van der Waals surface area contributed by atoms with Crippen LogP contribution in [0.1, 0.15) is 40.0 Å². The van der Waals surface area contributed by atoms with Crippen molar-refractivity contribution in [3.8, 4) is 5.75 Å². The van der Waals surface area contributed by atoms with E-state index in [9.17, 15) is 14.0 Å². The average Bonchev–Trinajstić information content (AvgIpc) is 2.68. The molecule has 0 saturated carbocycles. The van der Waals surface area contributed by atoms with Crippen LogP contribution in [-0.2, 0) is 0 Å². The Morgan fingerprint density at radius 1 is 1.00 bits per heavy atom. The molecule has 136 valence electrons. The number of halogens is 1. The minimum absolute atomic E-state index is 0.0137. The Hall–Kier alpha value is -2.89. The summed E-state index contributed by atoms with van der Waals surface area (Å²) in [6, 6.07) is 10.8. The second-order valence-electron chi connectivity index (χ2n) is 6.23. The first-order valence-corrected chi connectivity index (χ1v) is 8.63. The number of anilines is 1.